The van der Waals surface area contributed by atoms with Crippen molar-refractivity contribution in [1.29, 1.82) is 0 Å². The van der Waals surface area contributed by atoms with Gasteiger partial charge in [0.1, 0.15) is 10.1 Å². The molecule has 2 fully saturated rings. The van der Waals surface area contributed by atoms with Crippen molar-refractivity contribution in [2.45, 2.75) is 31.7 Å². The predicted molar refractivity (Wildman–Crippen MR) is 109 cm³/mol. The minimum atomic E-state index is -0.203. The predicted octanol–water partition coefficient (Wildman–Crippen LogP) is 6.11. The molecule has 1 heterocycles. The number of hydrogen-bond acceptors (Lipinski definition) is 2. The molecule has 2 aromatic carbocycles. The standard InChI is InChI=1S/C21H20FNS2/c22-18-11-9-17(10-12-18)16-7-5-15(6-8-16)13-20-14-23(21(24)25-20)19-3-1-2-4-19/h5-13,19H,1-4,14H2/b20-13-. The molecule has 0 N–H and O–H groups in total. The van der Waals surface area contributed by atoms with E-state index in [-0.39, 0.29) is 5.82 Å². The highest BCUT2D eigenvalue weighted by atomic mass is 32.2. The number of nitrogens with zero attached hydrogens (tertiary/aromatic N) is 1. The summed E-state index contributed by atoms with van der Waals surface area (Å²) in [6.07, 6.45) is 7.46. The molecule has 1 aliphatic carbocycles. The Morgan fingerprint density at radius 1 is 0.960 bits per heavy atom. The Morgan fingerprint density at radius 2 is 1.56 bits per heavy atom. The van der Waals surface area contributed by atoms with Gasteiger partial charge in [0.2, 0.25) is 0 Å². The molecule has 0 spiro atoms. The lowest BCUT2D eigenvalue weighted by atomic mass is 10.0. The number of thiocarbonyl (C=S) groups is 1. The molecule has 1 aliphatic heterocycles. The van der Waals surface area contributed by atoms with Crippen molar-refractivity contribution in [3.05, 3.63) is 64.8 Å². The van der Waals surface area contributed by atoms with Gasteiger partial charge in [-0.2, -0.15) is 0 Å². The lowest BCUT2D eigenvalue weighted by molar-refractivity contribution is 0.357. The molecule has 4 heteroatoms. The van der Waals surface area contributed by atoms with E-state index in [1.807, 2.05) is 12.1 Å². The zero-order chi connectivity index (χ0) is 17.2. The summed E-state index contributed by atoms with van der Waals surface area (Å²) in [5.41, 5.74) is 3.32. The van der Waals surface area contributed by atoms with Crippen LogP contribution >= 0.6 is 24.0 Å². The van der Waals surface area contributed by atoms with E-state index in [0.29, 0.717) is 6.04 Å². The minimum absolute atomic E-state index is 0.203. The van der Waals surface area contributed by atoms with Gasteiger partial charge in [0.15, 0.2) is 0 Å². The number of benzene rings is 2. The van der Waals surface area contributed by atoms with Crippen LogP contribution in [-0.2, 0) is 0 Å². The second-order valence-electron chi connectivity index (χ2n) is 6.67. The molecule has 1 saturated heterocycles. The quantitative estimate of drug-likeness (QED) is 0.601. The zero-order valence-electron chi connectivity index (χ0n) is 14.0. The molecule has 1 nitrogen and oxygen atoms in total. The minimum Gasteiger partial charge on any atom is -0.349 e. The van der Waals surface area contributed by atoms with Crippen molar-refractivity contribution in [3.8, 4) is 11.1 Å². The molecule has 2 aromatic rings. The van der Waals surface area contributed by atoms with Crippen LogP contribution in [0, 0.1) is 5.82 Å². The molecule has 0 aromatic heterocycles. The van der Waals surface area contributed by atoms with E-state index >= 15 is 0 Å². The van der Waals surface area contributed by atoms with Gasteiger partial charge in [-0.25, -0.2) is 4.39 Å². The summed E-state index contributed by atoms with van der Waals surface area (Å²) in [7, 11) is 0. The van der Waals surface area contributed by atoms with Gasteiger partial charge < -0.3 is 4.90 Å². The first kappa shape index (κ1) is 16.8. The normalized spacial score (nSPS) is 20.0. The average Bonchev–Trinajstić information content (AvgIpc) is 3.26. The van der Waals surface area contributed by atoms with E-state index in [0.717, 1.165) is 22.0 Å². The summed E-state index contributed by atoms with van der Waals surface area (Å²) in [5, 5.41) is 0. The monoisotopic (exact) mass is 369 g/mol. The van der Waals surface area contributed by atoms with Crippen LogP contribution in [0.1, 0.15) is 31.2 Å². The molecule has 0 atom stereocenters. The zero-order valence-corrected chi connectivity index (χ0v) is 15.6. The topological polar surface area (TPSA) is 3.24 Å². The molecule has 128 valence electrons. The lowest BCUT2D eigenvalue weighted by Crippen LogP contribution is -2.32. The molecule has 0 unspecified atom stereocenters. The fourth-order valence-corrected chi connectivity index (χ4v) is 5.09. The first-order valence-corrected chi connectivity index (χ1v) is 9.96. The smallest absolute Gasteiger partial charge is 0.141 e. The number of rotatable bonds is 3. The van der Waals surface area contributed by atoms with Crippen molar-refractivity contribution in [2.24, 2.45) is 0 Å². The van der Waals surface area contributed by atoms with E-state index in [1.54, 1.807) is 11.8 Å². The van der Waals surface area contributed by atoms with Gasteiger partial charge in [0.05, 0.1) is 6.54 Å². The highest BCUT2D eigenvalue weighted by Crippen LogP contribution is 2.36. The SMILES string of the molecule is Fc1ccc(-c2ccc(/C=C3/CN(C4CCCC4)C(=S)S3)cc2)cc1. The highest BCUT2D eigenvalue weighted by molar-refractivity contribution is 8.25. The van der Waals surface area contributed by atoms with E-state index < -0.39 is 0 Å². The second kappa shape index (κ2) is 7.30. The van der Waals surface area contributed by atoms with Crippen LogP contribution in [0.4, 0.5) is 4.39 Å². The maximum absolute atomic E-state index is 13.0. The maximum atomic E-state index is 13.0. The first-order valence-electron chi connectivity index (χ1n) is 8.74. The Balaban J connectivity index is 1.48. The molecule has 2 aliphatic rings. The van der Waals surface area contributed by atoms with Crippen LogP contribution in [0.5, 0.6) is 0 Å². The third kappa shape index (κ3) is 3.80. The van der Waals surface area contributed by atoms with Gasteiger partial charge in [-0.05, 0) is 47.7 Å². The highest BCUT2D eigenvalue weighted by Gasteiger charge is 2.30. The Labute approximate surface area is 157 Å². The Kier molecular flexibility index (Phi) is 4.91. The fraction of sp³-hybridized carbons (Fsp3) is 0.286. The van der Waals surface area contributed by atoms with Gasteiger partial charge in [-0.1, -0.05) is 73.2 Å². The van der Waals surface area contributed by atoms with E-state index in [9.17, 15) is 4.39 Å². The van der Waals surface area contributed by atoms with Gasteiger partial charge in [0, 0.05) is 10.9 Å². The van der Waals surface area contributed by atoms with E-state index in [2.05, 4.69) is 35.2 Å². The van der Waals surface area contributed by atoms with Gasteiger partial charge >= 0.3 is 0 Å². The van der Waals surface area contributed by atoms with E-state index in [1.165, 1.54) is 48.3 Å². The molecular formula is C21H20FNS2. The number of halogens is 1. The van der Waals surface area contributed by atoms with Gasteiger partial charge in [-0.3, -0.25) is 0 Å². The average molecular weight is 370 g/mol. The van der Waals surface area contributed by atoms with Crippen molar-refractivity contribution < 1.29 is 4.39 Å². The summed E-state index contributed by atoms with van der Waals surface area (Å²) < 4.78 is 14.1. The molecule has 0 radical (unpaired) electrons. The molecule has 0 amide bonds. The third-order valence-corrected chi connectivity index (χ3v) is 6.36. The van der Waals surface area contributed by atoms with Gasteiger partial charge in [-0.15, -0.1) is 0 Å². The summed E-state index contributed by atoms with van der Waals surface area (Å²) in [5.74, 6) is -0.203. The molecule has 0 bridgehead atoms. The number of thioether (sulfide) groups is 1. The van der Waals surface area contributed by atoms with Crippen LogP contribution in [-0.4, -0.2) is 21.8 Å². The Bertz CT molecular complexity index is 790. The summed E-state index contributed by atoms with van der Waals surface area (Å²) in [4.78, 5) is 3.73. The van der Waals surface area contributed by atoms with Crippen molar-refractivity contribution >= 4 is 34.4 Å². The van der Waals surface area contributed by atoms with Crippen molar-refractivity contribution in [1.82, 2.24) is 4.90 Å². The summed E-state index contributed by atoms with van der Waals surface area (Å²) >= 11 is 7.32. The molecule has 1 saturated carbocycles. The Morgan fingerprint density at radius 3 is 2.20 bits per heavy atom. The largest absolute Gasteiger partial charge is 0.349 e. The molecule has 4 rings (SSSR count). The van der Waals surface area contributed by atoms with Gasteiger partial charge in [0.25, 0.3) is 0 Å². The fourth-order valence-electron chi connectivity index (χ4n) is 3.60. The van der Waals surface area contributed by atoms with E-state index in [4.69, 9.17) is 12.2 Å². The van der Waals surface area contributed by atoms with Crippen LogP contribution in [0.15, 0.2) is 53.4 Å². The van der Waals surface area contributed by atoms with Crippen molar-refractivity contribution in [3.63, 3.8) is 0 Å². The Hall–Kier alpha value is -1.65. The third-order valence-electron chi connectivity index (χ3n) is 4.96. The maximum Gasteiger partial charge on any atom is 0.141 e. The lowest BCUT2D eigenvalue weighted by Gasteiger charge is -2.24. The summed E-state index contributed by atoms with van der Waals surface area (Å²) in [6, 6.07) is 15.7. The van der Waals surface area contributed by atoms with Crippen LogP contribution < -0.4 is 0 Å². The summed E-state index contributed by atoms with van der Waals surface area (Å²) in [6.45, 7) is 0.952. The van der Waals surface area contributed by atoms with Crippen LogP contribution in [0.25, 0.3) is 17.2 Å². The van der Waals surface area contributed by atoms with Crippen LogP contribution in [0.3, 0.4) is 0 Å². The van der Waals surface area contributed by atoms with Crippen molar-refractivity contribution in [2.75, 3.05) is 6.54 Å². The molecular weight excluding hydrogens is 349 g/mol. The van der Waals surface area contributed by atoms with Crippen LogP contribution in [0.2, 0.25) is 0 Å². The number of hydrogen-bond donors (Lipinski definition) is 0. The first-order chi connectivity index (χ1) is 12.2. The second-order valence-corrected chi connectivity index (χ2v) is 8.43. The molecule has 25 heavy (non-hydrogen) atoms.